The number of benzene rings is 4. The fourth-order valence-corrected chi connectivity index (χ4v) is 5.13. The van der Waals surface area contributed by atoms with Crippen molar-refractivity contribution in [3.8, 4) is 0 Å². The minimum atomic E-state index is -0.364. The molecule has 148 valence electrons. The molecule has 4 aromatic rings. The summed E-state index contributed by atoms with van der Waals surface area (Å²) in [5, 5.41) is 0. The van der Waals surface area contributed by atoms with Gasteiger partial charge in [0.25, 0.3) is 0 Å². The Balaban J connectivity index is 1.99. The quantitative estimate of drug-likeness (QED) is 0.347. The third kappa shape index (κ3) is 2.62. The smallest absolute Gasteiger partial charge is 0.0742 e. The van der Waals surface area contributed by atoms with Crippen LogP contribution in [0.2, 0.25) is 0 Å². The average Bonchev–Trinajstić information content (AvgIpc) is 2.77. The highest BCUT2D eigenvalue weighted by Gasteiger charge is 2.47. The Morgan fingerprint density at radius 3 is 1.27 bits per heavy atom. The molecule has 1 nitrogen and oxygen atoms in total. The molecule has 0 aliphatic carbocycles. The van der Waals surface area contributed by atoms with Gasteiger partial charge in [0.1, 0.15) is 0 Å². The molecule has 0 unspecified atom stereocenters. The van der Waals surface area contributed by atoms with E-state index in [-0.39, 0.29) is 11.0 Å². The number of rotatable bonds is 2. The van der Waals surface area contributed by atoms with E-state index in [4.69, 9.17) is 0 Å². The molecular formula is C29H27N. The zero-order valence-electron chi connectivity index (χ0n) is 17.8. The lowest BCUT2D eigenvalue weighted by atomic mass is 9.62. The number of hydrogen-bond donors (Lipinski definition) is 0. The number of hydrogen-bond acceptors (Lipinski definition) is 1. The second-order valence-electron chi connectivity index (χ2n) is 9.02. The summed E-state index contributed by atoms with van der Waals surface area (Å²) in [6.07, 6.45) is 0. The molecular weight excluding hydrogens is 362 g/mol. The van der Waals surface area contributed by atoms with Crippen LogP contribution in [0.25, 0.3) is 0 Å². The van der Waals surface area contributed by atoms with E-state index in [0.717, 1.165) is 0 Å². The van der Waals surface area contributed by atoms with Gasteiger partial charge in [0.15, 0.2) is 0 Å². The van der Waals surface area contributed by atoms with E-state index in [0.29, 0.717) is 0 Å². The van der Waals surface area contributed by atoms with Crippen LogP contribution in [0, 0.1) is 0 Å². The average molecular weight is 390 g/mol. The number of anilines is 2. The molecule has 1 heterocycles. The fourth-order valence-electron chi connectivity index (χ4n) is 5.13. The van der Waals surface area contributed by atoms with Gasteiger partial charge in [-0.05, 0) is 55.2 Å². The molecule has 0 spiro atoms. The van der Waals surface area contributed by atoms with E-state index in [9.17, 15) is 0 Å². The van der Waals surface area contributed by atoms with Gasteiger partial charge in [-0.15, -0.1) is 0 Å². The minimum Gasteiger partial charge on any atom is -0.336 e. The summed E-state index contributed by atoms with van der Waals surface area (Å²) >= 11 is 0. The molecule has 1 aliphatic heterocycles. The van der Waals surface area contributed by atoms with Crippen molar-refractivity contribution in [3.05, 3.63) is 131 Å². The zero-order valence-corrected chi connectivity index (χ0v) is 17.8. The van der Waals surface area contributed by atoms with Crippen molar-refractivity contribution in [2.45, 2.75) is 31.7 Å². The minimum absolute atomic E-state index is 0.0499. The lowest BCUT2D eigenvalue weighted by Gasteiger charge is -2.50. The molecule has 0 aromatic heterocycles. The summed E-state index contributed by atoms with van der Waals surface area (Å²) in [5.74, 6) is 0. The molecule has 1 aliphatic rings. The summed E-state index contributed by atoms with van der Waals surface area (Å²) in [5.41, 5.74) is 7.39. The number of para-hydroxylation sites is 2. The highest BCUT2D eigenvalue weighted by molar-refractivity contribution is 5.84. The largest absolute Gasteiger partial charge is 0.336 e. The Labute approximate surface area is 179 Å². The van der Waals surface area contributed by atoms with E-state index >= 15 is 0 Å². The van der Waals surface area contributed by atoms with Crippen LogP contribution in [0.3, 0.4) is 0 Å². The first-order chi connectivity index (χ1) is 14.5. The maximum Gasteiger partial charge on any atom is 0.0742 e. The van der Waals surface area contributed by atoms with E-state index < -0.39 is 0 Å². The molecule has 0 N–H and O–H groups in total. The van der Waals surface area contributed by atoms with Crippen LogP contribution < -0.4 is 4.90 Å². The maximum atomic E-state index is 2.50. The van der Waals surface area contributed by atoms with Crippen LogP contribution in [-0.4, -0.2) is 5.54 Å². The van der Waals surface area contributed by atoms with Crippen LogP contribution >= 0.6 is 0 Å². The molecule has 0 bridgehead atoms. The Bertz CT molecular complexity index is 1080. The van der Waals surface area contributed by atoms with Gasteiger partial charge in [-0.3, -0.25) is 0 Å². The molecule has 0 atom stereocenters. The lowest BCUT2D eigenvalue weighted by molar-refractivity contribution is 0.543. The normalized spacial score (nSPS) is 14.7. The predicted molar refractivity (Wildman–Crippen MR) is 127 cm³/mol. The highest BCUT2D eigenvalue weighted by Crippen LogP contribution is 2.57. The summed E-state index contributed by atoms with van der Waals surface area (Å²) in [4.78, 5) is 2.50. The molecule has 1 heteroatoms. The van der Waals surface area contributed by atoms with Crippen molar-refractivity contribution in [1.82, 2.24) is 0 Å². The molecule has 0 fully saturated rings. The fraction of sp³-hybridized carbons (Fsp3) is 0.172. The SMILES string of the molecule is CC(C)(C)N1c2ccccc2C(c2ccccc2)(c2ccccc2)c2ccccc21. The van der Waals surface area contributed by atoms with E-state index in [1.807, 2.05) is 0 Å². The van der Waals surface area contributed by atoms with Gasteiger partial charge >= 0.3 is 0 Å². The second kappa shape index (κ2) is 6.88. The van der Waals surface area contributed by atoms with Crippen LogP contribution in [0.5, 0.6) is 0 Å². The summed E-state index contributed by atoms with van der Waals surface area (Å²) in [7, 11) is 0. The van der Waals surface area contributed by atoms with Gasteiger partial charge in [-0.1, -0.05) is 97.1 Å². The maximum absolute atomic E-state index is 2.50. The Kier molecular flexibility index (Phi) is 4.29. The Hall–Kier alpha value is -3.32. The summed E-state index contributed by atoms with van der Waals surface area (Å²) in [6.45, 7) is 6.87. The van der Waals surface area contributed by atoms with Crippen LogP contribution in [0.15, 0.2) is 109 Å². The molecule has 0 saturated heterocycles. The monoisotopic (exact) mass is 389 g/mol. The van der Waals surface area contributed by atoms with Crippen molar-refractivity contribution in [2.75, 3.05) is 4.90 Å². The van der Waals surface area contributed by atoms with Crippen LogP contribution in [0.1, 0.15) is 43.0 Å². The highest BCUT2D eigenvalue weighted by atomic mass is 15.2. The van der Waals surface area contributed by atoms with Crippen LogP contribution in [-0.2, 0) is 5.41 Å². The van der Waals surface area contributed by atoms with Crippen molar-refractivity contribution >= 4 is 11.4 Å². The first-order valence-corrected chi connectivity index (χ1v) is 10.6. The molecule has 0 amide bonds. The Morgan fingerprint density at radius 1 is 0.500 bits per heavy atom. The first kappa shape index (κ1) is 18.7. The van der Waals surface area contributed by atoms with Crippen molar-refractivity contribution in [3.63, 3.8) is 0 Å². The molecule has 4 aromatic carbocycles. The third-order valence-corrected chi connectivity index (χ3v) is 6.18. The number of nitrogens with zero attached hydrogens (tertiary/aromatic N) is 1. The van der Waals surface area contributed by atoms with Gasteiger partial charge in [0.05, 0.1) is 5.41 Å². The van der Waals surface area contributed by atoms with Crippen LogP contribution in [0.4, 0.5) is 11.4 Å². The zero-order chi connectivity index (χ0) is 20.8. The van der Waals surface area contributed by atoms with E-state index in [1.54, 1.807) is 0 Å². The molecule has 5 rings (SSSR count). The van der Waals surface area contributed by atoms with Gasteiger partial charge < -0.3 is 4.90 Å². The molecule has 0 saturated carbocycles. The van der Waals surface area contributed by atoms with Gasteiger partial charge in [-0.2, -0.15) is 0 Å². The third-order valence-electron chi connectivity index (χ3n) is 6.18. The van der Waals surface area contributed by atoms with Gasteiger partial charge in [-0.25, -0.2) is 0 Å². The van der Waals surface area contributed by atoms with Crippen molar-refractivity contribution < 1.29 is 0 Å². The van der Waals surface area contributed by atoms with Crippen molar-refractivity contribution in [2.24, 2.45) is 0 Å². The van der Waals surface area contributed by atoms with E-state index in [2.05, 4.69) is 135 Å². The Morgan fingerprint density at radius 2 is 0.867 bits per heavy atom. The van der Waals surface area contributed by atoms with Crippen molar-refractivity contribution in [1.29, 1.82) is 0 Å². The second-order valence-corrected chi connectivity index (χ2v) is 9.02. The summed E-state index contributed by atoms with van der Waals surface area (Å²) < 4.78 is 0. The first-order valence-electron chi connectivity index (χ1n) is 10.6. The predicted octanol–water partition coefficient (Wildman–Crippen LogP) is 7.32. The van der Waals surface area contributed by atoms with E-state index in [1.165, 1.54) is 33.6 Å². The molecule has 30 heavy (non-hydrogen) atoms. The topological polar surface area (TPSA) is 3.24 Å². The van der Waals surface area contributed by atoms with Gasteiger partial charge in [0, 0.05) is 16.9 Å². The summed E-state index contributed by atoms with van der Waals surface area (Å²) in [6, 6.07) is 39.7. The lowest BCUT2D eigenvalue weighted by Crippen LogP contribution is -2.45. The van der Waals surface area contributed by atoms with Gasteiger partial charge in [0.2, 0.25) is 0 Å². The molecule has 0 radical (unpaired) electrons. The number of fused-ring (bicyclic) bond motifs is 2. The standard InChI is InChI=1S/C29H27N/c1-28(2,3)30-26-20-12-10-18-24(26)29(22-14-6-4-7-15-22,23-16-8-5-9-17-23)25-19-11-13-21-27(25)30/h4-21H,1-3H3.